The van der Waals surface area contributed by atoms with Crippen molar-refractivity contribution >= 4 is 23.6 Å². The van der Waals surface area contributed by atoms with E-state index >= 15 is 0 Å². The summed E-state index contributed by atoms with van der Waals surface area (Å²) in [7, 11) is 0. The van der Waals surface area contributed by atoms with E-state index in [4.69, 9.17) is 10.8 Å². The zero-order valence-corrected chi connectivity index (χ0v) is 8.49. The lowest BCUT2D eigenvalue weighted by molar-refractivity contribution is -0.384. The van der Waals surface area contributed by atoms with E-state index in [-0.39, 0.29) is 16.8 Å². The molecule has 1 amide bonds. The van der Waals surface area contributed by atoms with E-state index in [9.17, 15) is 19.7 Å². The predicted molar refractivity (Wildman–Crippen MR) is 58.3 cm³/mol. The van der Waals surface area contributed by atoms with E-state index in [1.807, 2.05) is 0 Å². The van der Waals surface area contributed by atoms with Crippen LogP contribution in [0.5, 0.6) is 0 Å². The van der Waals surface area contributed by atoms with Crippen LogP contribution in [0, 0.1) is 10.1 Å². The Hall–Kier alpha value is -2.70. The van der Waals surface area contributed by atoms with E-state index < -0.39 is 16.8 Å². The molecule has 0 atom stereocenters. The minimum absolute atomic E-state index is 0.0468. The Kier molecular flexibility index (Phi) is 3.55. The van der Waals surface area contributed by atoms with Gasteiger partial charge in [0.05, 0.1) is 10.5 Å². The van der Waals surface area contributed by atoms with Gasteiger partial charge >= 0.3 is 5.97 Å². The summed E-state index contributed by atoms with van der Waals surface area (Å²) >= 11 is 0. The number of nitro groups is 1. The number of hydrogen-bond acceptors (Lipinski definition) is 4. The van der Waals surface area contributed by atoms with Crippen molar-refractivity contribution in [2.45, 2.75) is 0 Å². The number of aromatic carboxylic acids is 1. The van der Waals surface area contributed by atoms with Gasteiger partial charge in [-0.3, -0.25) is 14.9 Å². The maximum atomic E-state index is 10.8. The van der Waals surface area contributed by atoms with Crippen LogP contribution in [0.25, 0.3) is 6.08 Å². The first-order valence-corrected chi connectivity index (χ1v) is 4.41. The molecule has 0 saturated heterocycles. The summed E-state index contributed by atoms with van der Waals surface area (Å²) in [5.74, 6) is -2.02. The standard InChI is InChI=1S/C10H8N2O5/c11-9(13)4-1-6-5-7(12(16)17)2-3-8(6)10(14)15/h1-5H,(H2,11,13)(H,14,15). The summed E-state index contributed by atoms with van der Waals surface area (Å²) in [4.78, 5) is 31.2. The maximum absolute atomic E-state index is 10.8. The topological polar surface area (TPSA) is 124 Å². The third kappa shape index (κ3) is 3.13. The Morgan fingerprint density at radius 2 is 2.06 bits per heavy atom. The Balaban J connectivity index is 3.30. The second-order valence-electron chi connectivity index (χ2n) is 3.07. The van der Waals surface area contributed by atoms with E-state index in [1.165, 1.54) is 0 Å². The van der Waals surface area contributed by atoms with Crippen molar-refractivity contribution in [2.24, 2.45) is 5.73 Å². The van der Waals surface area contributed by atoms with Crippen LogP contribution >= 0.6 is 0 Å². The highest BCUT2D eigenvalue weighted by Crippen LogP contribution is 2.19. The lowest BCUT2D eigenvalue weighted by Crippen LogP contribution is -2.06. The number of benzene rings is 1. The lowest BCUT2D eigenvalue weighted by Gasteiger charge is -2.00. The molecule has 0 aromatic heterocycles. The number of nitrogens with zero attached hydrogens (tertiary/aromatic N) is 1. The van der Waals surface area contributed by atoms with Gasteiger partial charge in [-0.15, -0.1) is 0 Å². The van der Waals surface area contributed by atoms with Gasteiger partial charge in [-0.25, -0.2) is 4.79 Å². The van der Waals surface area contributed by atoms with Crippen LogP contribution in [0.3, 0.4) is 0 Å². The van der Waals surface area contributed by atoms with Gasteiger partial charge in [-0.2, -0.15) is 0 Å². The molecule has 17 heavy (non-hydrogen) atoms. The lowest BCUT2D eigenvalue weighted by atomic mass is 10.1. The third-order valence-electron chi connectivity index (χ3n) is 1.90. The van der Waals surface area contributed by atoms with Crippen molar-refractivity contribution in [3.05, 3.63) is 45.5 Å². The number of rotatable bonds is 4. The quantitative estimate of drug-likeness (QED) is 0.454. The molecule has 7 nitrogen and oxygen atoms in total. The van der Waals surface area contributed by atoms with Crippen LogP contribution in [0.1, 0.15) is 15.9 Å². The Labute approximate surface area is 95.3 Å². The predicted octanol–water partition coefficient (Wildman–Crippen LogP) is 0.792. The molecular weight excluding hydrogens is 228 g/mol. The van der Waals surface area contributed by atoms with Crippen LogP contribution in [0.2, 0.25) is 0 Å². The first-order valence-electron chi connectivity index (χ1n) is 4.41. The summed E-state index contributed by atoms with van der Waals surface area (Å²) in [5, 5.41) is 19.4. The summed E-state index contributed by atoms with van der Waals surface area (Å²) in [6.45, 7) is 0. The number of carboxylic acids is 1. The van der Waals surface area contributed by atoms with Gasteiger partial charge in [0.25, 0.3) is 5.69 Å². The SMILES string of the molecule is NC(=O)C=Cc1cc([N+](=O)[O-])ccc1C(=O)O. The van der Waals surface area contributed by atoms with Crippen LogP contribution in [-0.4, -0.2) is 21.9 Å². The molecule has 0 heterocycles. The average Bonchev–Trinajstić information content (AvgIpc) is 2.25. The molecular formula is C10H8N2O5. The number of carbonyl (C=O) groups is 2. The van der Waals surface area contributed by atoms with Gasteiger partial charge in [0, 0.05) is 18.2 Å². The smallest absolute Gasteiger partial charge is 0.336 e. The van der Waals surface area contributed by atoms with Gasteiger partial charge < -0.3 is 10.8 Å². The van der Waals surface area contributed by atoms with Crippen LogP contribution in [0.4, 0.5) is 5.69 Å². The number of carbonyl (C=O) groups excluding carboxylic acids is 1. The van der Waals surface area contributed by atoms with Crippen molar-refractivity contribution < 1.29 is 19.6 Å². The molecule has 0 unspecified atom stereocenters. The molecule has 0 aliphatic heterocycles. The molecule has 0 bridgehead atoms. The van der Waals surface area contributed by atoms with Gasteiger partial charge in [0.15, 0.2) is 0 Å². The van der Waals surface area contributed by atoms with E-state index in [0.29, 0.717) is 0 Å². The summed E-state index contributed by atoms with van der Waals surface area (Å²) in [6, 6.07) is 3.23. The van der Waals surface area contributed by atoms with Crippen molar-refractivity contribution in [1.29, 1.82) is 0 Å². The van der Waals surface area contributed by atoms with Crippen molar-refractivity contribution in [2.75, 3.05) is 0 Å². The van der Waals surface area contributed by atoms with Gasteiger partial charge in [0.1, 0.15) is 0 Å². The Morgan fingerprint density at radius 3 is 2.53 bits per heavy atom. The summed E-state index contributed by atoms with van der Waals surface area (Å²) in [6.07, 6.45) is 2.06. The molecule has 0 aliphatic carbocycles. The molecule has 0 radical (unpaired) electrons. The van der Waals surface area contributed by atoms with Gasteiger partial charge in [-0.1, -0.05) is 0 Å². The molecule has 88 valence electrons. The number of primary amides is 1. The third-order valence-corrected chi connectivity index (χ3v) is 1.90. The van der Waals surface area contributed by atoms with Gasteiger partial charge in [-0.05, 0) is 17.7 Å². The maximum Gasteiger partial charge on any atom is 0.336 e. The van der Waals surface area contributed by atoms with Crippen LogP contribution in [-0.2, 0) is 4.79 Å². The Morgan fingerprint density at radius 1 is 1.41 bits per heavy atom. The number of nitrogens with two attached hydrogens (primary N) is 1. The minimum atomic E-state index is -1.25. The van der Waals surface area contributed by atoms with Crippen molar-refractivity contribution in [1.82, 2.24) is 0 Å². The van der Waals surface area contributed by atoms with Crippen molar-refractivity contribution in [3.8, 4) is 0 Å². The van der Waals surface area contributed by atoms with Crippen LogP contribution in [0.15, 0.2) is 24.3 Å². The number of nitro benzene ring substituents is 1. The fourth-order valence-electron chi connectivity index (χ4n) is 1.17. The molecule has 0 fully saturated rings. The summed E-state index contributed by atoms with van der Waals surface area (Å²) in [5.41, 5.74) is 4.49. The number of hydrogen-bond donors (Lipinski definition) is 2. The molecule has 1 aromatic carbocycles. The fraction of sp³-hybridized carbons (Fsp3) is 0. The van der Waals surface area contributed by atoms with Gasteiger partial charge in [0.2, 0.25) is 5.91 Å². The molecule has 1 aromatic rings. The molecule has 1 rings (SSSR count). The molecule has 0 saturated carbocycles. The molecule has 0 spiro atoms. The first kappa shape index (κ1) is 12.4. The normalized spacial score (nSPS) is 10.4. The molecule has 7 heteroatoms. The Bertz CT molecular complexity index is 521. The fourth-order valence-corrected chi connectivity index (χ4v) is 1.17. The van der Waals surface area contributed by atoms with Crippen LogP contribution < -0.4 is 5.73 Å². The minimum Gasteiger partial charge on any atom is -0.478 e. The highest BCUT2D eigenvalue weighted by molar-refractivity contribution is 5.96. The molecule has 3 N–H and O–H groups in total. The largest absolute Gasteiger partial charge is 0.478 e. The second-order valence-corrected chi connectivity index (χ2v) is 3.07. The van der Waals surface area contributed by atoms with E-state index in [2.05, 4.69) is 0 Å². The zero-order valence-electron chi connectivity index (χ0n) is 8.49. The van der Waals surface area contributed by atoms with E-state index in [1.54, 1.807) is 0 Å². The number of carboxylic acid groups (broad SMARTS) is 1. The van der Waals surface area contributed by atoms with E-state index in [0.717, 1.165) is 30.4 Å². The highest BCUT2D eigenvalue weighted by Gasteiger charge is 2.13. The first-order chi connectivity index (χ1) is 7.91. The monoisotopic (exact) mass is 236 g/mol. The number of non-ortho nitro benzene ring substituents is 1. The number of amides is 1. The second kappa shape index (κ2) is 4.88. The van der Waals surface area contributed by atoms with Crippen molar-refractivity contribution in [3.63, 3.8) is 0 Å². The zero-order chi connectivity index (χ0) is 13.0. The average molecular weight is 236 g/mol. The highest BCUT2D eigenvalue weighted by atomic mass is 16.6. The summed E-state index contributed by atoms with van der Waals surface area (Å²) < 4.78 is 0. The molecule has 0 aliphatic rings.